The normalized spacial score (nSPS) is 20.4. The van der Waals surface area contributed by atoms with E-state index in [4.69, 9.17) is 14.6 Å². The molecule has 4 atom stereocenters. The summed E-state index contributed by atoms with van der Waals surface area (Å²) >= 11 is 0. The minimum absolute atomic E-state index is 0.0474. The van der Waals surface area contributed by atoms with Crippen LogP contribution in [0.25, 0.3) is 11.1 Å². The van der Waals surface area contributed by atoms with Gasteiger partial charge >= 0.3 is 12.1 Å². The van der Waals surface area contributed by atoms with Gasteiger partial charge in [0.2, 0.25) is 5.91 Å². The van der Waals surface area contributed by atoms with Crippen LogP contribution in [0.5, 0.6) is 0 Å². The lowest BCUT2D eigenvalue weighted by Crippen LogP contribution is -2.54. The van der Waals surface area contributed by atoms with Crippen molar-refractivity contribution in [3.05, 3.63) is 59.7 Å². The molecule has 0 aromatic heterocycles. The van der Waals surface area contributed by atoms with Gasteiger partial charge in [0.1, 0.15) is 12.6 Å². The van der Waals surface area contributed by atoms with Crippen molar-refractivity contribution in [1.82, 2.24) is 10.6 Å². The molecule has 2 amide bonds. The number of carboxylic acid groups (broad SMARTS) is 1. The summed E-state index contributed by atoms with van der Waals surface area (Å²) in [6, 6.07) is 15.1. The average Bonchev–Trinajstić information content (AvgIpc) is 3.41. The fourth-order valence-electron chi connectivity index (χ4n) is 5.23. The highest BCUT2D eigenvalue weighted by molar-refractivity contribution is 5.86. The van der Waals surface area contributed by atoms with E-state index < -0.39 is 24.2 Å². The van der Waals surface area contributed by atoms with Crippen molar-refractivity contribution < 1.29 is 29.0 Å². The van der Waals surface area contributed by atoms with Crippen LogP contribution in [0.15, 0.2) is 48.5 Å². The van der Waals surface area contributed by atoms with Gasteiger partial charge in [-0.1, -0.05) is 48.5 Å². The van der Waals surface area contributed by atoms with Crippen molar-refractivity contribution in [2.24, 2.45) is 5.92 Å². The van der Waals surface area contributed by atoms with Gasteiger partial charge in [-0.05, 0) is 54.4 Å². The van der Waals surface area contributed by atoms with Gasteiger partial charge in [-0.25, -0.2) is 4.79 Å². The van der Waals surface area contributed by atoms with Crippen molar-refractivity contribution >= 4 is 18.0 Å². The Bertz CT molecular complexity index is 1040. The monoisotopic (exact) mass is 480 g/mol. The molecule has 2 aromatic carbocycles. The number of hydrogen-bond acceptors (Lipinski definition) is 5. The quantitative estimate of drug-likeness (QED) is 0.504. The number of rotatable bonds is 9. The number of hydrogen-bond donors (Lipinski definition) is 3. The van der Waals surface area contributed by atoms with Crippen molar-refractivity contribution in [3.8, 4) is 11.1 Å². The van der Waals surface area contributed by atoms with Crippen LogP contribution in [0.3, 0.4) is 0 Å². The zero-order valence-corrected chi connectivity index (χ0v) is 20.0. The molecule has 0 aliphatic heterocycles. The van der Waals surface area contributed by atoms with Crippen molar-refractivity contribution in [1.29, 1.82) is 0 Å². The fraction of sp³-hybridized carbons (Fsp3) is 0.444. The van der Waals surface area contributed by atoms with Gasteiger partial charge in [-0.2, -0.15) is 0 Å². The molecule has 8 heteroatoms. The number of methoxy groups -OCH3 is 1. The summed E-state index contributed by atoms with van der Waals surface area (Å²) < 4.78 is 10.9. The fourth-order valence-corrected chi connectivity index (χ4v) is 5.23. The molecule has 35 heavy (non-hydrogen) atoms. The summed E-state index contributed by atoms with van der Waals surface area (Å²) in [4.78, 5) is 36.7. The molecule has 1 fully saturated rings. The molecule has 4 rings (SSSR count). The third-order valence-electron chi connectivity index (χ3n) is 7.09. The number of ether oxygens (including phenoxy) is 2. The highest BCUT2D eigenvalue weighted by Gasteiger charge is 2.34. The Labute approximate surface area is 205 Å². The highest BCUT2D eigenvalue weighted by atomic mass is 16.5. The molecular formula is C27H32N2O6. The van der Waals surface area contributed by atoms with Gasteiger partial charge in [-0.3, -0.25) is 9.59 Å². The number of fused-ring (bicyclic) bond motifs is 3. The van der Waals surface area contributed by atoms with Crippen molar-refractivity contribution in [2.75, 3.05) is 13.7 Å². The second-order valence-electron chi connectivity index (χ2n) is 9.37. The van der Waals surface area contributed by atoms with Crippen LogP contribution < -0.4 is 10.6 Å². The SMILES string of the molecule is COC(C)C(NC(=O)OCC1c2ccccc2-c2ccccc21)C(=O)NC1CCC(CC(=O)O)C1. The molecule has 4 unspecified atom stereocenters. The van der Waals surface area contributed by atoms with Crippen molar-refractivity contribution in [2.45, 2.75) is 56.7 Å². The minimum Gasteiger partial charge on any atom is -0.481 e. The molecule has 1 saturated carbocycles. The first-order valence-corrected chi connectivity index (χ1v) is 12.0. The van der Waals surface area contributed by atoms with Crippen LogP contribution in [-0.2, 0) is 19.1 Å². The molecule has 0 spiro atoms. The molecule has 0 saturated heterocycles. The van der Waals surface area contributed by atoms with Crippen LogP contribution in [0.4, 0.5) is 4.79 Å². The van der Waals surface area contributed by atoms with Crippen LogP contribution in [0.1, 0.15) is 49.7 Å². The first kappa shape index (κ1) is 24.7. The maximum Gasteiger partial charge on any atom is 0.407 e. The second kappa shape index (κ2) is 10.9. The van der Waals surface area contributed by atoms with E-state index in [2.05, 4.69) is 22.8 Å². The largest absolute Gasteiger partial charge is 0.481 e. The summed E-state index contributed by atoms with van der Waals surface area (Å²) in [6.45, 7) is 1.85. The van der Waals surface area contributed by atoms with Crippen LogP contribution >= 0.6 is 0 Å². The number of alkyl carbamates (subject to hydrolysis) is 1. The minimum atomic E-state index is -0.936. The molecule has 2 aliphatic carbocycles. The Kier molecular flexibility index (Phi) is 7.70. The Morgan fingerprint density at radius 3 is 2.26 bits per heavy atom. The van der Waals surface area contributed by atoms with E-state index in [1.807, 2.05) is 36.4 Å². The summed E-state index contributed by atoms with van der Waals surface area (Å²) in [6.07, 6.45) is 0.904. The topological polar surface area (TPSA) is 114 Å². The second-order valence-corrected chi connectivity index (χ2v) is 9.37. The van der Waals surface area contributed by atoms with E-state index in [9.17, 15) is 14.4 Å². The zero-order valence-electron chi connectivity index (χ0n) is 20.0. The lowest BCUT2D eigenvalue weighted by molar-refractivity contribution is -0.138. The van der Waals surface area contributed by atoms with Crippen molar-refractivity contribution in [3.63, 3.8) is 0 Å². The third kappa shape index (κ3) is 5.65. The Hall–Kier alpha value is -3.39. The number of nitrogens with one attached hydrogen (secondary N) is 2. The Morgan fingerprint density at radius 2 is 1.66 bits per heavy atom. The number of benzene rings is 2. The van der Waals surface area contributed by atoms with E-state index in [-0.39, 0.29) is 36.8 Å². The molecule has 2 aromatic rings. The van der Waals surface area contributed by atoms with Gasteiger partial charge in [0, 0.05) is 25.5 Å². The molecule has 0 bridgehead atoms. The molecule has 0 heterocycles. The van der Waals surface area contributed by atoms with E-state index in [0.29, 0.717) is 12.8 Å². The van der Waals surface area contributed by atoms with Gasteiger partial charge in [-0.15, -0.1) is 0 Å². The van der Waals surface area contributed by atoms with Crippen LogP contribution in [0.2, 0.25) is 0 Å². The standard InChI is InChI=1S/C27H32N2O6/c1-16(34-2)25(26(32)28-18-12-11-17(13-18)14-24(30)31)29-27(33)35-15-23-21-9-5-3-7-19(21)20-8-4-6-10-22(20)23/h3-10,16-18,23,25H,11-15H2,1-2H3,(H,28,32)(H,29,33)(H,30,31). The van der Waals surface area contributed by atoms with Crippen LogP contribution in [0, 0.1) is 5.92 Å². The predicted octanol–water partition coefficient (Wildman–Crippen LogP) is 3.69. The lowest BCUT2D eigenvalue weighted by atomic mass is 9.98. The predicted molar refractivity (Wildman–Crippen MR) is 130 cm³/mol. The van der Waals surface area contributed by atoms with E-state index in [1.165, 1.54) is 7.11 Å². The Morgan fingerprint density at radius 1 is 1.03 bits per heavy atom. The summed E-state index contributed by atoms with van der Waals surface area (Å²) in [7, 11) is 1.48. The highest BCUT2D eigenvalue weighted by Crippen LogP contribution is 2.44. The lowest BCUT2D eigenvalue weighted by Gasteiger charge is -2.25. The van der Waals surface area contributed by atoms with Gasteiger partial charge in [0.25, 0.3) is 0 Å². The van der Waals surface area contributed by atoms with Crippen LogP contribution in [-0.4, -0.2) is 55.0 Å². The third-order valence-corrected chi connectivity index (χ3v) is 7.09. The number of carbonyl (C=O) groups excluding carboxylic acids is 2. The molecule has 186 valence electrons. The maximum atomic E-state index is 13.0. The summed E-state index contributed by atoms with van der Waals surface area (Å²) in [5.74, 6) is -1.23. The summed E-state index contributed by atoms with van der Waals surface area (Å²) in [5.41, 5.74) is 4.50. The number of aliphatic carboxylic acids is 1. The van der Waals surface area contributed by atoms with E-state index in [0.717, 1.165) is 28.7 Å². The number of amides is 2. The molecule has 0 radical (unpaired) electrons. The average molecular weight is 481 g/mol. The molecular weight excluding hydrogens is 448 g/mol. The zero-order chi connectivity index (χ0) is 24.9. The van der Waals surface area contributed by atoms with E-state index in [1.54, 1.807) is 6.92 Å². The van der Waals surface area contributed by atoms with E-state index >= 15 is 0 Å². The van der Waals surface area contributed by atoms with Gasteiger partial charge < -0.3 is 25.2 Å². The summed E-state index contributed by atoms with van der Waals surface area (Å²) in [5, 5.41) is 14.6. The first-order valence-electron chi connectivity index (χ1n) is 12.0. The van der Waals surface area contributed by atoms with Gasteiger partial charge in [0.15, 0.2) is 0 Å². The smallest absolute Gasteiger partial charge is 0.407 e. The molecule has 3 N–H and O–H groups in total. The maximum absolute atomic E-state index is 13.0. The molecule has 2 aliphatic rings. The first-order chi connectivity index (χ1) is 16.9. The Balaban J connectivity index is 1.36. The number of carboxylic acids is 1. The number of carbonyl (C=O) groups is 3. The molecule has 8 nitrogen and oxygen atoms in total. The van der Waals surface area contributed by atoms with Gasteiger partial charge in [0.05, 0.1) is 6.10 Å².